The van der Waals surface area contributed by atoms with E-state index in [1.165, 1.54) is 31.2 Å². The van der Waals surface area contributed by atoms with Gasteiger partial charge in [-0.3, -0.25) is 0 Å². The first kappa shape index (κ1) is 16.4. The Kier molecular flexibility index (Phi) is 12.3. The van der Waals surface area contributed by atoms with Crippen LogP contribution in [-0.2, 0) is 0 Å². The average molecular weight is 242 g/mol. The van der Waals surface area contributed by atoms with Gasteiger partial charge < -0.3 is 0 Å². The van der Waals surface area contributed by atoms with Crippen molar-refractivity contribution in [3.63, 3.8) is 0 Å². The molecule has 0 amide bonds. The lowest BCUT2D eigenvalue weighted by atomic mass is 10.2. The Morgan fingerprint density at radius 1 is 1.00 bits per heavy atom. The molecule has 0 saturated heterocycles. The van der Waals surface area contributed by atoms with Crippen molar-refractivity contribution < 1.29 is 0 Å². The van der Waals surface area contributed by atoms with Crippen LogP contribution in [0.25, 0.3) is 0 Å². The van der Waals surface area contributed by atoms with Crippen molar-refractivity contribution in [3.05, 3.63) is 72.9 Å². The normalized spacial score (nSPS) is 10.3. The van der Waals surface area contributed by atoms with Gasteiger partial charge in [0.15, 0.2) is 0 Å². The molecular formula is C18H26. The minimum absolute atomic E-state index is 1.20. The molecule has 0 fully saturated rings. The maximum atomic E-state index is 3.59. The van der Waals surface area contributed by atoms with E-state index in [4.69, 9.17) is 0 Å². The summed E-state index contributed by atoms with van der Waals surface area (Å²) in [7, 11) is 0. The Balaban J connectivity index is 0.000000351. The summed E-state index contributed by atoms with van der Waals surface area (Å²) in [4.78, 5) is 0. The van der Waals surface area contributed by atoms with Gasteiger partial charge in [-0.15, -0.1) is 0 Å². The molecular weight excluding hydrogens is 216 g/mol. The molecule has 0 N–H and O–H groups in total. The highest BCUT2D eigenvalue weighted by molar-refractivity contribution is 5.11. The van der Waals surface area contributed by atoms with E-state index < -0.39 is 0 Å². The second kappa shape index (κ2) is 13.5. The maximum Gasteiger partial charge on any atom is -0.0348 e. The molecule has 0 spiro atoms. The van der Waals surface area contributed by atoms with Gasteiger partial charge >= 0.3 is 0 Å². The molecule has 98 valence electrons. The molecule has 0 aliphatic heterocycles. The Labute approximate surface area is 113 Å². The first-order valence-electron chi connectivity index (χ1n) is 6.77. The van der Waals surface area contributed by atoms with E-state index in [-0.39, 0.29) is 0 Å². The fourth-order valence-electron chi connectivity index (χ4n) is 1.36. The molecule has 0 heterocycles. The van der Waals surface area contributed by atoms with Crippen molar-refractivity contribution in [1.82, 2.24) is 0 Å². The Morgan fingerprint density at radius 2 is 1.72 bits per heavy atom. The van der Waals surface area contributed by atoms with Gasteiger partial charge in [-0.2, -0.15) is 0 Å². The van der Waals surface area contributed by atoms with Crippen molar-refractivity contribution >= 4 is 0 Å². The third-order valence-corrected chi connectivity index (χ3v) is 2.41. The second-order valence-electron chi connectivity index (χ2n) is 4.20. The van der Waals surface area contributed by atoms with Gasteiger partial charge in [0.2, 0.25) is 0 Å². The lowest BCUT2D eigenvalue weighted by Gasteiger charge is -1.89. The summed E-state index contributed by atoms with van der Waals surface area (Å²) >= 11 is 0. The van der Waals surface area contributed by atoms with Gasteiger partial charge in [-0.1, -0.05) is 92.6 Å². The zero-order chi connectivity index (χ0) is 13.5. The number of allylic oxidation sites excluding steroid dienone is 5. The van der Waals surface area contributed by atoms with Gasteiger partial charge in [0.05, 0.1) is 0 Å². The highest BCUT2D eigenvalue weighted by Gasteiger charge is 1.79. The summed E-state index contributed by atoms with van der Waals surface area (Å²) in [5.41, 5.74) is 1.32. The lowest BCUT2D eigenvalue weighted by Crippen LogP contribution is -1.69. The van der Waals surface area contributed by atoms with Crippen LogP contribution in [0.2, 0.25) is 0 Å². The quantitative estimate of drug-likeness (QED) is 0.433. The van der Waals surface area contributed by atoms with Crippen LogP contribution < -0.4 is 0 Å². The third-order valence-electron chi connectivity index (χ3n) is 2.41. The summed E-state index contributed by atoms with van der Waals surface area (Å²) in [6.45, 7) is 7.89. The molecule has 0 unspecified atom stereocenters. The van der Waals surface area contributed by atoms with Gasteiger partial charge in [0.25, 0.3) is 0 Å². The zero-order valence-electron chi connectivity index (χ0n) is 11.8. The first-order chi connectivity index (χ1) is 8.81. The minimum Gasteiger partial charge on any atom is -0.0991 e. The van der Waals surface area contributed by atoms with Crippen molar-refractivity contribution in [1.29, 1.82) is 0 Å². The predicted molar refractivity (Wildman–Crippen MR) is 83.8 cm³/mol. The minimum atomic E-state index is 1.20. The van der Waals surface area contributed by atoms with E-state index in [1.807, 2.05) is 30.4 Å². The van der Waals surface area contributed by atoms with Gasteiger partial charge in [-0.05, 0) is 19.8 Å². The second-order valence-corrected chi connectivity index (χ2v) is 4.20. The van der Waals surface area contributed by atoms with Crippen molar-refractivity contribution in [2.45, 2.75) is 39.5 Å². The molecule has 1 aromatic carbocycles. The summed E-state index contributed by atoms with van der Waals surface area (Å²) in [6.07, 6.45) is 15.2. The molecule has 0 atom stereocenters. The van der Waals surface area contributed by atoms with E-state index >= 15 is 0 Å². The Bertz CT molecular complexity index is 330. The number of aryl methyl sites for hydroxylation is 1. The standard InChI is InChI=1S/C11H18.C7H8/c1-3-5-7-9-11-10-8-6-4-2;1-7-5-3-2-4-6-7/h3,5,7,9,11H,1,4,6,8,10H2,2H3;2-6H,1H3/b7-5-,11-9+;. The van der Waals surface area contributed by atoms with Crippen LogP contribution >= 0.6 is 0 Å². The molecule has 18 heavy (non-hydrogen) atoms. The maximum absolute atomic E-state index is 3.59. The molecule has 1 aromatic rings. The van der Waals surface area contributed by atoms with E-state index in [1.54, 1.807) is 6.08 Å². The zero-order valence-corrected chi connectivity index (χ0v) is 11.8. The van der Waals surface area contributed by atoms with E-state index in [0.717, 1.165) is 0 Å². The van der Waals surface area contributed by atoms with E-state index in [2.05, 4.69) is 44.7 Å². The smallest absolute Gasteiger partial charge is 0.0348 e. The molecule has 0 saturated carbocycles. The van der Waals surface area contributed by atoms with Gasteiger partial charge in [0, 0.05) is 0 Å². The fraction of sp³-hybridized carbons (Fsp3) is 0.333. The highest BCUT2D eigenvalue weighted by atomic mass is 13.9. The Morgan fingerprint density at radius 3 is 2.22 bits per heavy atom. The SMILES string of the molecule is C=C/C=C\C=C\CCCCC.Cc1ccccc1. The van der Waals surface area contributed by atoms with Crippen molar-refractivity contribution in [3.8, 4) is 0 Å². The van der Waals surface area contributed by atoms with Crippen molar-refractivity contribution in [2.75, 3.05) is 0 Å². The van der Waals surface area contributed by atoms with Crippen LogP contribution in [-0.4, -0.2) is 0 Å². The molecule has 0 aliphatic rings. The molecule has 0 radical (unpaired) electrons. The average Bonchev–Trinajstić information content (AvgIpc) is 2.39. The lowest BCUT2D eigenvalue weighted by molar-refractivity contribution is 0.729. The fourth-order valence-corrected chi connectivity index (χ4v) is 1.36. The predicted octanol–water partition coefficient (Wildman–Crippen LogP) is 5.86. The molecule has 1 rings (SSSR count). The van der Waals surface area contributed by atoms with Gasteiger partial charge in [-0.25, -0.2) is 0 Å². The monoisotopic (exact) mass is 242 g/mol. The van der Waals surface area contributed by atoms with E-state index in [9.17, 15) is 0 Å². The summed E-state index contributed by atoms with van der Waals surface area (Å²) in [5.74, 6) is 0. The van der Waals surface area contributed by atoms with Crippen molar-refractivity contribution in [2.24, 2.45) is 0 Å². The third kappa shape index (κ3) is 12.5. The van der Waals surface area contributed by atoms with Crippen LogP contribution in [0.15, 0.2) is 67.3 Å². The Hall–Kier alpha value is -1.56. The molecule has 0 aromatic heterocycles. The number of hydrogen-bond acceptors (Lipinski definition) is 0. The van der Waals surface area contributed by atoms with E-state index in [0.29, 0.717) is 0 Å². The van der Waals surface area contributed by atoms with Crippen LogP contribution in [0.4, 0.5) is 0 Å². The van der Waals surface area contributed by atoms with Crippen LogP contribution in [0.5, 0.6) is 0 Å². The largest absolute Gasteiger partial charge is 0.0991 e. The summed E-state index contributed by atoms with van der Waals surface area (Å²) < 4.78 is 0. The number of benzene rings is 1. The summed E-state index contributed by atoms with van der Waals surface area (Å²) in [6, 6.07) is 10.3. The summed E-state index contributed by atoms with van der Waals surface area (Å²) in [5, 5.41) is 0. The highest BCUT2D eigenvalue weighted by Crippen LogP contribution is 1.99. The van der Waals surface area contributed by atoms with Gasteiger partial charge in [0.1, 0.15) is 0 Å². The van der Waals surface area contributed by atoms with Crippen LogP contribution in [0, 0.1) is 6.92 Å². The number of unbranched alkanes of at least 4 members (excludes halogenated alkanes) is 3. The number of hydrogen-bond donors (Lipinski definition) is 0. The van der Waals surface area contributed by atoms with Crippen LogP contribution in [0.3, 0.4) is 0 Å². The molecule has 0 bridgehead atoms. The molecule has 0 heteroatoms. The molecule has 0 aliphatic carbocycles. The van der Waals surface area contributed by atoms with Crippen LogP contribution in [0.1, 0.15) is 38.2 Å². The first-order valence-corrected chi connectivity index (χ1v) is 6.77. The number of rotatable bonds is 6. The molecule has 0 nitrogen and oxygen atoms in total. The topological polar surface area (TPSA) is 0 Å².